The smallest absolute Gasteiger partial charge is 0.410 e. The van der Waals surface area contributed by atoms with Crippen LogP contribution in [0.25, 0.3) is 0 Å². The molecule has 3 aliphatic heterocycles. The second-order valence-corrected chi connectivity index (χ2v) is 6.56. The van der Waals surface area contributed by atoms with Crippen molar-refractivity contribution in [3.8, 4) is 0 Å². The minimum atomic E-state index is -0.393. The van der Waals surface area contributed by atoms with Crippen LogP contribution in [0.3, 0.4) is 0 Å². The van der Waals surface area contributed by atoms with Crippen LogP contribution in [0.2, 0.25) is 0 Å². The Labute approximate surface area is 134 Å². The summed E-state index contributed by atoms with van der Waals surface area (Å²) in [6.07, 6.45) is 3.54. The summed E-state index contributed by atoms with van der Waals surface area (Å²) in [4.78, 5) is 28.3. The maximum absolute atomic E-state index is 12.9. The molecule has 3 aliphatic rings. The summed E-state index contributed by atoms with van der Waals surface area (Å²) in [6.45, 7) is 4.71. The lowest BCUT2D eigenvalue weighted by atomic mass is 9.93. The Morgan fingerprint density at radius 3 is 2.96 bits per heavy atom. The molecule has 0 N–H and O–H groups in total. The van der Waals surface area contributed by atoms with Gasteiger partial charge >= 0.3 is 6.09 Å². The maximum atomic E-state index is 12.9. The minimum absolute atomic E-state index is 0.0857. The van der Waals surface area contributed by atoms with E-state index in [0.717, 1.165) is 38.1 Å². The van der Waals surface area contributed by atoms with E-state index in [1.54, 1.807) is 9.80 Å². The lowest BCUT2D eigenvalue weighted by Gasteiger charge is -2.44. The minimum Gasteiger partial charge on any atom is -0.447 e. The largest absolute Gasteiger partial charge is 0.447 e. The fraction of sp³-hybridized carbons (Fsp3) is 0.733. The first-order chi connectivity index (χ1) is 11.1. The normalized spacial score (nSPS) is 26.7. The molecule has 0 spiro atoms. The highest BCUT2D eigenvalue weighted by atomic mass is 16.6. The zero-order valence-corrected chi connectivity index (χ0v) is 13.3. The molecular weight excluding hydrogens is 298 g/mol. The molecule has 4 rings (SSSR count). The summed E-state index contributed by atoms with van der Waals surface area (Å²) in [5.41, 5.74) is -0.393. The average Bonchev–Trinajstić information content (AvgIpc) is 3.16. The molecule has 0 aliphatic carbocycles. The Morgan fingerprint density at radius 2 is 2.13 bits per heavy atom. The highest BCUT2D eigenvalue weighted by molar-refractivity contribution is 5.91. The predicted molar refractivity (Wildman–Crippen MR) is 79.9 cm³/mol. The summed E-state index contributed by atoms with van der Waals surface area (Å²) in [7, 11) is 0. The first-order valence-corrected chi connectivity index (χ1v) is 8.30. The molecule has 4 heterocycles. The third kappa shape index (κ3) is 2.11. The summed E-state index contributed by atoms with van der Waals surface area (Å²) in [6, 6.07) is 0. The fourth-order valence-corrected chi connectivity index (χ4v) is 3.85. The van der Waals surface area contributed by atoms with Gasteiger partial charge in [0.25, 0.3) is 5.91 Å². The molecule has 0 aromatic carbocycles. The van der Waals surface area contributed by atoms with Gasteiger partial charge in [0.15, 0.2) is 0 Å². The van der Waals surface area contributed by atoms with Crippen LogP contribution in [0.5, 0.6) is 0 Å². The molecule has 0 saturated carbocycles. The number of rotatable bonds is 2. The molecule has 0 bridgehead atoms. The molecule has 8 nitrogen and oxygen atoms in total. The van der Waals surface area contributed by atoms with Crippen LogP contribution in [0, 0.1) is 0 Å². The second-order valence-electron chi connectivity index (χ2n) is 6.56. The van der Waals surface area contributed by atoms with E-state index in [1.807, 2.05) is 11.5 Å². The van der Waals surface area contributed by atoms with Crippen LogP contribution < -0.4 is 0 Å². The molecule has 2 fully saturated rings. The van der Waals surface area contributed by atoms with Crippen LogP contribution in [-0.4, -0.2) is 68.3 Å². The number of nitrogens with zero attached hydrogens (tertiary/aromatic N) is 5. The number of ether oxygens (including phenoxy) is 1. The average molecular weight is 319 g/mol. The summed E-state index contributed by atoms with van der Waals surface area (Å²) in [5.74, 6) is 1.25. The van der Waals surface area contributed by atoms with Gasteiger partial charge in [-0.1, -0.05) is 6.92 Å². The number of cyclic esters (lactones) is 1. The van der Waals surface area contributed by atoms with Crippen molar-refractivity contribution < 1.29 is 14.3 Å². The van der Waals surface area contributed by atoms with E-state index in [4.69, 9.17) is 4.74 Å². The van der Waals surface area contributed by atoms with Crippen LogP contribution >= 0.6 is 0 Å². The van der Waals surface area contributed by atoms with Crippen molar-refractivity contribution in [2.75, 3.05) is 26.2 Å². The molecule has 8 heteroatoms. The molecular formula is C15H21N5O3. The number of fused-ring (bicyclic) bond motifs is 2. The van der Waals surface area contributed by atoms with Gasteiger partial charge < -0.3 is 14.2 Å². The molecule has 1 atom stereocenters. The Balaban J connectivity index is 1.58. The van der Waals surface area contributed by atoms with Gasteiger partial charge in [-0.15, -0.1) is 10.2 Å². The molecule has 2 saturated heterocycles. The van der Waals surface area contributed by atoms with Gasteiger partial charge in [-0.3, -0.25) is 9.69 Å². The van der Waals surface area contributed by atoms with Crippen molar-refractivity contribution in [3.63, 3.8) is 0 Å². The lowest BCUT2D eigenvalue weighted by Crippen LogP contribution is -2.62. The van der Waals surface area contributed by atoms with Crippen molar-refractivity contribution in [2.45, 2.75) is 44.7 Å². The Bertz CT molecular complexity index is 658. The summed E-state index contributed by atoms with van der Waals surface area (Å²) in [5, 5.41) is 8.30. The van der Waals surface area contributed by atoms with Gasteiger partial charge in [-0.25, -0.2) is 4.79 Å². The second kappa shape index (κ2) is 5.21. The van der Waals surface area contributed by atoms with E-state index in [0.29, 0.717) is 32.1 Å². The monoisotopic (exact) mass is 319 g/mol. The molecule has 1 aromatic rings. The predicted octanol–water partition coefficient (Wildman–Crippen LogP) is 0.671. The van der Waals surface area contributed by atoms with E-state index in [9.17, 15) is 9.59 Å². The molecule has 2 amide bonds. The molecule has 23 heavy (non-hydrogen) atoms. The van der Waals surface area contributed by atoms with Crippen molar-refractivity contribution >= 4 is 12.0 Å². The third-order valence-electron chi connectivity index (χ3n) is 5.33. The highest BCUT2D eigenvalue weighted by Crippen LogP contribution is 2.32. The van der Waals surface area contributed by atoms with Gasteiger partial charge in [0.1, 0.15) is 12.4 Å². The summed E-state index contributed by atoms with van der Waals surface area (Å²) >= 11 is 0. The van der Waals surface area contributed by atoms with E-state index in [-0.39, 0.29) is 12.0 Å². The zero-order chi connectivity index (χ0) is 16.0. The fourth-order valence-electron chi connectivity index (χ4n) is 3.85. The molecule has 124 valence electrons. The quantitative estimate of drug-likeness (QED) is 0.800. The zero-order valence-electron chi connectivity index (χ0n) is 13.3. The van der Waals surface area contributed by atoms with Crippen molar-refractivity contribution in [1.29, 1.82) is 0 Å². The van der Waals surface area contributed by atoms with E-state index < -0.39 is 5.54 Å². The number of hydrogen-bond acceptors (Lipinski definition) is 5. The first kappa shape index (κ1) is 14.5. The Kier molecular flexibility index (Phi) is 3.28. The first-order valence-electron chi connectivity index (χ1n) is 8.30. The standard InChI is InChI=1S/C15H21N5O3/c1-2-15-9-18(7-8-20(15)14(22)23-10-15)13(21)12-17-16-11-5-3-4-6-19(11)12/h2-10H2,1H3. The number of aryl methyl sites for hydroxylation is 1. The number of carbonyl (C=O) groups is 2. The number of carbonyl (C=O) groups excluding carboxylic acids is 2. The molecule has 0 radical (unpaired) electrons. The van der Waals surface area contributed by atoms with Crippen LogP contribution in [-0.2, 0) is 17.7 Å². The Hall–Kier alpha value is -2.12. The number of hydrogen-bond donors (Lipinski definition) is 0. The third-order valence-corrected chi connectivity index (χ3v) is 5.33. The van der Waals surface area contributed by atoms with E-state index >= 15 is 0 Å². The van der Waals surface area contributed by atoms with Crippen molar-refractivity contribution in [3.05, 3.63) is 11.6 Å². The van der Waals surface area contributed by atoms with Gasteiger partial charge in [0.2, 0.25) is 5.82 Å². The van der Waals surface area contributed by atoms with E-state index in [2.05, 4.69) is 10.2 Å². The highest BCUT2D eigenvalue weighted by Gasteiger charge is 2.50. The van der Waals surface area contributed by atoms with E-state index in [1.165, 1.54) is 0 Å². The van der Waals surface area contributed by atoms with Crippen LogP contribution in [0.15, 0.2) is 0 Å². The lowest BCUT2D eigenvalue weighted by molar-refractivity contribution is 0.0348. The maximum Gasteiger partial charge on any atom is 0.410 e. The van der Waals surface area contributed by atoms with Crippen LogP contribution in [0.1, 0.15) is 42.6 Å². The Morgan fingerprint density at radius 1 is 1.26 bits per heavy atom. The molecule has 1 aromatic heterocycles. The number of amides is 2. The van der Waals surface area contributed by atoms with Gasteiger partial charge in [-0.2, -0.15) is 0 Å². The summed E-state index contributed by atoms with van der Waals surface area (Å²) < 4.78 is 7.17. The van der Waals surface area contributed by atoms with Gasteiger partial charge in [-0.05, 0) is 19.3 Å². The van der Waals surface area contributed by atoms with Crippen molar-refractivity contribution in [1.82, 2.24) is 24.6 Å². The number of aromatic nitrogens is 3. The van der Waals surface area contributed by atoms with Gasteiger partial charge in [0.05, 0.1) is 5.54 Å². The number of piperazine rings is 1. The van der Waals surface area contributed by atoms with Gasteiger partial charge in [0, 0.05) is 32.6 Å². The van der Waals surface area contributed by atoms with Crippen molar-refractivity contribution in [2.24, 2.45) is 0 Å². The molecule has 1 unspecified atom stereocenters. The topological polar surface area (TPSA) is 80.6 Å². The van der Waals surface area contributed by atoms with Crippen LogP contribution in [0.4, 0.5) is 4.79 Å². The SMILES string of the molecule is CCC12COC(=O)N1CCN(C(=O)c1nnc3n1CCCC3)C2.